The maximum absolute atomic E-state index is 13.9. The molecule has 0 atom stereocenters. The van der Waals surface area contributed by atoms with Crippen LogP contribution in [0.1, 0.15) is 16.8 Å². The molecule has 0 aliphatic carbocycles. The zero-order valence-electron chi connectivity index (χ0n) is 11.7. The number of ether oxygens (including phenoxy) is 2. The van der Waals surface area contributed by atoms with Crippen LogP contribution in [0.25, 0.3) is 0 Å². The minimum Gasteiger partial charge on any atom is -0.497 e. The first-order chi connectivity index (χ1) is 9.65. The number of benzene rings is 1. The van der Waals surface area contributed by atoms with Crippen LogP contribution in [0.4, 0.5) is 4.39 Å². The highest BCUT2D eigenvalue weighted by Gasteiger charge is 2.21. The molecule has 5 heteroatoms. The predicted molar refractivity (Wildman–Crippen MR) is 73.4 cm³/mol. The highest BCUT2D eigenvalue weighted by Crippen LogP contribution is 2.19. The maximum atomic E-state index is 13.9. The normalized spacial score (nSPS) is 14.9. The van der Waals surface area contributed by atoms with Crippen LogP contribution in [0.5, 0.6) is 5.75 Å². The molecule has 0 N–H and O–H groups in total. The Balaban J connectivity index is 2.09. The average molecular weight is 279 g/mol. The third kappa shape index (κ3) is 3.17. The van der Waals surface area contributed by atoms with Gasteiger partial charge in [0.2, 0.25) is 0 Å². The summed E-state index contributed by atoms with van der Waals surface area (Å²) in [6.45, 7) is 1.65. The summed E-state index contributed by atoms with van der Waals surface area (Å²) in [5.41, 5.74) is 1.25. The lowest BCUT2D eigenvalue weighted by Crippen LogP contribution is -2.35. The Bertz CT molecular complexity index is 528. The molecule has 0 saturated carbocycles. The summed E-state index contributed by atoms with van der Waals surface area (Å²) in [6, 6.07) is 4.28. The van der Waals surface area contributed by atoms with Gasteiger partial charge in [-0.2, -0.15) is 0 Å². The number of nitrogens with zero attached hydrogens (tertiary/aromatic N) is 1. The van der Waals surface area contributed by atoms with Crippen LogP contribution >= 0.6 is 0 Å². The Morgan fingerprint density at radius 2 is 2.20 bits per heavy atom. The number of hydrogen-bond donors (Lipinski definition) is 0. The lowest BCUT2D eigenvalue weighted by Gasteiger charge is -2.26. The number of halogens is 1. The van der Waals surface area contributed by atoms with Crippen LogP contribution in [0.3, 0.4) is 0 Å². The van der Waals surface area contributed by atoms with Crippen LogP contribution in [-0.4, -0.2) is 44.7 Å². The highest BCUT2D eigenvalue weighted by molar-refractivity contribution is 5.94. The number of carbonyl (C=O) groups is 1. The molecule has 0 bridgehead atoms. The second-order valence-corrected chi connectivity index (χ2v) is 4.64. The van der Waals surface area contributed by atoms with Crippen molar-refractivity contribution in [1.82, 2.24) is 4.90 Å². The topological polar surface area (TPSA) is 38.8 Å². The SMILES string of the molecule is COCC1=CCN(C(=O)c2ccc(OC)cc2F)CC1. The van der Waals surface area contributed by atoms with E-state index < -0.39 is 5.82 Å². The number of methoxy groups -OCH3 is 2. The molecule has 1 aromatic rings. The Morgan fingerprint density at radius 1 is 1.40 bits per heavy atom. The van der Waals surface area contributed by atoms with Gasteiger partial charge in [0.1, 0.15) is 11.6 Å². The van der Waals surface area contributed by atoms with Crippen molar-refractivity contribution in [3.05, 3.63) is 41.2 Å². The van der Waals surface area contributed by atoms with E-state index in [9.17, 15) is 9.18 Å². The molecular formula is C15H18FNO3. The predicted octanol–water partition coefficient (Wildman–Crippen LogP) is 2.25. The molecule has 0 saturated heterocycles. The van der Waals surface area contributed by atoms with E-state index >= 15 is 0 Å². The van der Waals surface area contributed by atoms with Crippen LogP contribution in [0.15, 0.2) is 29.8 Å². The van der Waals surface area contributed by atoms with Gasteiger partial charge in [0.05, 0.1) is 19.3 Å². The van der Waals surface area contributed by atoms with Gasteiger partial charge >= 0.3 is 0 Å². The van der Waals surface area contributed by atoms with E-state index in [-0.39, 0.29) is 11.5 Å². The molecule has 4 nitrogen and oxygen atoms in total. The molecule has 2 rings (SSSR count). The standard InChI is InChI=1S/C15H18FNO3/c1-19-10-11-5-7-17(8-6-11)15(18)13-4-3-12(20-2)9-14(13)16/h3-5,9H,6-8,10H2,1-2H3. The molecule has 20 heavy (non-hydrogen) atoms. The quantitative estimate of drug-likeness (QED) is 0.794. The number of rotatable bonds is 4. The van der Waals surface area contributed by atoms with Crippen molar-refractivity contribution in [3.8, 4) is 5.75 Å². The Morgan fingerprint density at radius 3 is 2.75 bits per heavy atom. The molecule has 1 heterocycles. The van der Waals surface area contributed by atoms with Gasteiger partial charge in [0, 0.05) is 26.3 Å². The van der Waals surface area contributed by atoms with Crippen molar-refractivity contribution in [3.63, 3.8) is 0 Å². The van der Waals surface area contributed by atoms with Gasteiger partial charge in [-0.05, 0) is 24.1 Å². The van der Waals surface area contributed by atoms with Gasteiger partial charge in [-0.15, -0.1) is 0 Å². The number of amides is 1. The van der Waals surface area contributed by atoms with Crippen molar-refractivity contribution in [2.24, 2.45) is 0 Å². The highest BCUT2D eigenvalue weighted by atomic mass is 19.1. The first-order valence-corrected chi connectivity index (χ1v) is 6.45. The number of hydrogen-bond acceptors (Lipinski definition) is 3. The Labute approximate surface area is 117 Å². The zero-order valence-corrected chi connectivity index (χ0v) is 11.7. The van der Waals surface area contributed by atoms with Crippen LogP contribution < -0.4 is 4.74 Å². The van der Waals surface area contributed by atoms with E-state index in [4.69, 9.17) is 9.47 Å². The fraction of sp³-hybridized carbons (Fsp3) is 0.400. The molecule has 0 unspecified atom stereocenters. The molecule has 1 aromatic carbocycles. The van der Waals surface area contributed by atoms with E-state index in [2.05, 4.69) is 0 Å². The van der Waals surface area contributed by atoms with Crippen LogP contribution in [0.2, 0.25) is 0 Å². The first-order valence-electron chi connectivity index (χ1n) is 6.45. The van der Waals surface area contributed by atoms with E-state index in [1.54, 1.807) is 18.1 Å². The largest absolute Gasteiger partial charge is 0.497 e. The molecule has 0 fully saturated rings. The second kappa shape index (κ2) is 6.52. The summed E-state index contributed by atoms with van der Waals surface area (Å²) >= 11 is 0. The molecule has 1 aliphatic rings. The minimum atomic E-state index is -0.555. The molecule has 108 valence electrons. The van der Waals surface area contributed by atoms with Crippen molar-refractivity contribution in [2.75, 3.05) is 33.9 Å². The van der Waals surface area contributed by atoms with Crippen molar-refractivity contribution >= 4 is 5.91 Å². The fourth-order valence-corrected chi connectivity index (χ4v) is 2.18. The van der Waals surface area contributed by atoms with E-state index in [0.717, 1.165) is 6.42 Å². The van der Waals surface area contributed by atoms with Crippen LogP contribution in [0, 0.1) is 5.82 Å². The lowest BCUT2D eigenvalue weighted by molar-refractivity contribution is 0.0760. The molecule has 0 aromatic heterocycles. The van der Waals surface area contributed by atoms with E-state index in [1.165, 1.54) is 24.8 Å². The smallest absolute Gasteiger partial charge is 0.257 e. The summed E-state index contributed by atoms with van der Waals surface area (Å²) < 4.78 is 23.9. The van der Waals surface area contributed by atoms with Gasteiger partial charge in [-0.1, -0.05) is 6.08 Å². The molecule has 1 aliphatic heterocycles. The van der Waals surface area contributed by atoms with Crippen molar-refractivity contribution < 1.29 is 18.7 Å². The van der Waals surface area contributed by atoms with E-state index in [1.807, 2.05) is 6.08 Å². The second-order valence-electron chi connectivity index (χ2n) is 4.64. The summed E-state index contributed by atoms with van der Waals surface area (Å²) in [5.74, 6) is -0.446. The van der Waals surface area contributed by atoms with Crippen molar-refractivity contribution in [1.29, 1.82) is 0 Å². The fourth-order valence-electron chi connectivity index (χ4n) is 2.18. The van der Waals surface area contributed by atoms with Gasteiger partial charge in [-0.3, -0.25) is 4.79 Å². The van der Waals surface area contributed by atoms with Crippen molar-refractivity contribution in [2.45, 2.75) is 6.42 Å². The summed E-state index contributed by atoms with van der Waals surface area (Å²) in [7, 11) is 3.11. The molecule has 0 spiro atoms. The lowest BCUT2D eigenvalue weighted by atomic mass is 10.1. The summed E-state index contributed by atoms with van der Waals surface area (Å²) in [4.78, 5) is 13.9. The Kier molecular flexibility index (Phi) is 4.74. The molecule has 0 radical (unpaired) electrons. The third-order valence-corrected chi connectivity index (χ3v) is 3.33. The van der Waals surface area contributed by atoms with Gasteiger partial charge < -0.3 is 14.4 Å². The molecular weight excluding hydrogens is 261 g/mol. The molecule has 1 amide bonds. The maximum Gasteiger partial charge on any atom is 0.257 e. The third-order valence-electron chi connectivity index (χ3n) is 3.33. The summed E-state index contributed by atoms with van der Waals surface area (Å²) in [6.07, 6.45) is 2.73. The minimum absolute atomic E-state index is 0.0781. The monoisotopic (exact) mass is 279 g/mol. The first kappa shape index (κ1) is 14.5. The Hall–Kier alpha value is -1.88. The average Bonchev–Trinajstić information content (AvgIpc) is 2.47. The van der Waals surface area contributed by atoms with Gasteiger partial charge in [0.15, 0.2) is 0 Å². The van der Waals surface area contributed by atoms with Gasteiger partial charge in [0.25, 0.3) is 5.91 Å². The summed E-state index contributed by atoms with van der Waals surface area (Å²) in [5, 5.41) is 0. The zero-order chi connectivity index (χ0) is 14.5. The van der Waals surface area contributed by atoms with Gasteiger partial charge in [-0.25, -0.2) is 4.39 Å². The number of carbonyl (C=O) groups excluding carboxylic acids is 1. The van der Waals surface area contributed by atoms with Crippen LogP contribution in [-0.2, 0) is 4.74 Å². The van der Waals surface area contributed by atoms with E-state index in [0.29, 0.717) is 25.4 Å².